The van der Waals surface area contributed by atoms with E-state index in [1.165, 1.54) is 0 Å². The van der Waals surface area contributed by atoms with E-state index in [4.69, 9.17) is 4.52 Å². The Bertz CT molecular complexity index is 476. The Morgan fingerprint density at radius 3 is 2.94 bits per heavy atom. The van der Waals surface area contributed by atoms with Crippen LogP contribution in [-0.2, 0) is 0 Å². The summed E-state index contributed by atoms with van der Waals surface area (Å²) in [6, 6.07) is 3.77. The van der Waals surface area contributed by atoms with Crippen molar-refractivity contribution in [3.8, 4) is 11.4 Å². The van der Waals surface area contributed by atoms with Crippen molar-refractivity contribution in [1.82, 2.24) is 20.4 Å². The standard InChI is InChI=1S/C12H14N4O/c1-2-10(8-14-5-1)12-15-11(16-17-12)9-3-6-13-7-4-9/h3-4,6-7,10,14H,1-2,5,8H2. The second-order valence-corrected chi connectivity index (χ2v) is 4.24. The third kappa shape index (κ3) is 2.19. The molecule has 2 aromatic heterocycles. The highest BCUT2D eigenvalue weighted by Gasteiger charge is 2.21. The summed E-state index contributed by atoms with van der Waals surface area (Å²) in [5.41, 5.74) is 0.943. The molecule has 3 rings (SSSR count). The van der Waals surface area contributed by atoms with Crippen LogP contribution in [-0.4, -0.2) is 28.2 Å². The van der Waals surface area contributed by atoms with Crippen LogP contribution in [0.4, 0.5) is 0 Å². The third-order valence-electron chi connectivity index (χ3n) is 3.03. The van der Waals surface area contributed by atoms with Gasteiger partial charge in [-0.15, -0.1) is 0 Å². The molecule has 0 radical (unpaired) electrons. The summed E-state index contributed by atoms with van der Waals surface area (Å²) in [4.78, 5) is 8.43. The zero-order valence-electron chi connectivity index (χ0n) is 9.47. The monoisotopic (exact) mass is 230 g/mol. The molecule has 0 amide bonds. The number of nitrogens with one attached hydrogen (secondary N) is 1. The minimum Gasteiger partial charge on any atom is -0.339 e. The van der Waals surface area contributed by atoms with Gasteiger partial charge in [-0.25, -0.2) is 0 Å². The summed E-state index contributed by atoms with van der Waals surface area (Å²) in [6.45, 7) is 2.01. The average Bonchev–Trinajstić information content (AvgIpc) is 2.90. The van der Waals surface area contributed by atoms with Gasteiger partial charge >= 0.3 is 0 Å². The molecule has 1 aliphatic rings. The highest BCUT2D eigenvalue weighted by Crippen LogP contribution is 2.23. The quantitative estimate of drug-likeness (QED) is 0.849. The summed E-state index contributed by atoms with van der Waals surface area (Å²) in [6.07, 6.45) is 5.74. The Kier molecular flexibility index (Phi) is 2.83. The molecule has 5 nitrogen and oxygen atoms in total. The predicted molar refractivity (Wildman–Crippen MR) is 62.4 cm³/mol. The lowest BCUT2D eigenvalue weighted by atomic mass is 10.00. The van der Waals surface area contributed by atoms with E-state index in [1.807, 2.05) is 12.1 Å². The van der Waals surface area contributed by atoms with E-state index >= 15 is 0 Å². The molecule has 5 heteroatoms. The van der Waals surface area contributed by atoms with Crippen LogP contribution in [0.15, 0.2) is 29.0 Å². The fourth-order valence-electron chi connectivity index (χ4n) is 2.08. The van der Waals surface area contributed by atoms with Gasteiger partial charge in [-0.3, -0.25) is 4.98 Å². The largest absolute Gasteiger partial charge is 0.339 e. The number of pyridine rings is 1. The van der Waals surface area contributed by atoms with E-state index in [0.717, 1.165) is 37.4 Å². The van der Waals surface area contributed by atoms with Gasteiger partial charge in [-0.05, 0) is 31.5 Å². The Morgan fingerprint density at radius 2 is 2.18 bits per heavy atom. The van der Waals surface area contributed by atoms with Crippen molar-refractivity contribution in [2.75, 3.05) is 13.1 Å². The topological polar surface area (TPSA) is 63.8 Å². The first-order chi connectivity index (χ1) is 8.43. The van der Waals surface area contributed by atoms with Gasteiger partial charge in [0, 0.05) is 24.5 Å². The van der Waals surface area contributed by atoms with Crippen LogP contribution in [0, 0.1) is 0 Å². The Hall–Kier alpha value is -1.75. The molecule has 2 aromatic rings. The van der Waals surface area contributed by atoms with Gasteiger partial charge in [-0.2, -0.15) is 4.98 Å². The predicted octanol–water partition coefficient (Wildman–Crippen LogP) is 1.60. The number of aromatic nitrogens is 3. The van der Waals surface area contributed by atoms with Gasteiger partial charge in [0.25, 0.3) is 0 Å². The summed E-state index contributed by atoms with van der Waals surface area (Å²) >= 11 is 0. The molecule has 1 fully saturated rings. The summed E-state index contributed by atoms with van der Waals surface area (Å²) in [5.74, 6) is 1.74. The van der Waals surface area contributed by atoms with Gasteiger partial charge in [0.2, 0.25) is 11.7 Å². The molecule has 0 aliphatic carbocycles. The minimum absolute atomic E-state index is 0.354. The lowest BCUT2D eigenvalue weighted by Gasteiger charge is -2.18. The van der Waals surface area contributed by atoms with Crippen LogP contribution in [0.5, 0.6) is 0 Å². The van der Waals surface area contributed by atoms with Crippen LogP contribution in [0.2, 0.25) is 0 Å². The molecular formula is C12H14N4O. The highest BCUT2D eigenvalue weighted by atomic mass is 16.5. The normalized spacial score (nSPS) is 20.4. The zero-order valence-corrected chi connectivity index (χ0v) is 9.47. The lowest BCUT2D eigenvalue weighted by molar-refractivity contribution is 0.322. The van der Waals surface area contributed by atoms with Crippen LogP contribution in [0.3, 0.4) is 0 Å². The SMILES string of the molecule is c1cc(-c2noc(C3CCCNC3)n2)ccn1. The number of hydrogen-bond acceptors (Lipinski definition) is 5. The molecule has 88 valence electrons. The first-order valence-corrected chi connectivity index (χ1v) is 5.88. The number of nitrogens with zero attached hydrogens (tertiary/aromatic N) is 3. The number of piperidine rings is 1. The summed E-state index contributed by atoms with van der Waals surface area (Å²) in [5, 5.41) is 7.36. The first-order valence-electron chi connectivity index (χ1n) is 5.88. The minimum atomic E-state index is 0.354. The Balaban J connectivity index is 1.83. The zero-order chi connectivity index (χ0) is 11.5. The van der Waals surface area contributed by atoms with E-state index < -0.39 is 0 Å². The van der Waals surface area contributed by atoms with Crippen molar-refractivity contribution in [2.45, 2.75) is 18.8 Å². The molecule has 1 saturated heterocycles. The van der Waals surface area contributed by atoms with Crippen molar-refractivity contribution in [2.24, 2.45) is 0 Å². The molecule has 0 saturated carbocycles. The third-order valence-corrected chi connectivity index (χ3v) is 3.03. The molecule has 1 unspecified atom stereocenters. The van der Waals surface area contributed by atoms with Crippen molar-refractivity contribution >= 4 is 0 Å². The molecule has 1 atom stereocenters. The van der Waals surface area contributed by atoms with Crippen molar-refractivity contribution < 1.29 is 4.52 Å². The van der Waals surface area contributed by atoms with Gasteiger partial charge in [0.15, 0.2) is 0 Å². The molecule has 0 spiro atoms. The number of rotatable bonds is 2. The molecule has 1 N–H and O–H groups in total. The molecule has 1 aliphatic heterocycles. The van der Waals surface area contributed by atoms with E-state index in [1.54, 1.807) is 12.4 Å². The second-order valence-electron chi connectivity index (χ2n) is 4.24. The second kappa shape index (κ2) is 4.63. The van der Waals surface area contributed by atoms with Gasteiger partial charge in [-0.1, -0.05) is 5.16 Å². The highest BCUT2D eigenvalue weighted by molar-refractivity contribution is 5.52. The Morgan fingerprint density at radius 1 is 1.29 bits per heavy atom. The van der Waals surface area contributed by atoms with Crippen LogP contribution < -0.4 is 5.32 Å². The molecule has 0 bridgehead atoms. The Labute approximate surface area is 99.3 Å². The van der Waals surface area contributed by atoms with Crippen LogP contribution in [0.1, 0.15) is 24.7 Å². The van der Waals surface area contributed by atoms with E-state index in [0.29, 0.717) is 11.7 Å². The molecule has 17 heavy (non-hydrogen) atoms. The molecule has 3 heterocycles. The van der Waals surface area contributed by atoms with Crippen molar-refractivity contribution in [1.29, 1.82) is 0 Å². The smallest absolute Gasteiger partial charge is 0.231 e. The average molecular weight is 230 g/mol. The molecule has 0 aromatic carbocycles. The maximum Gasteiger partial charge on any atom is 0.231 e. The summed E-state index contributed by atoms with van der Waals surface area (Å²) in [7, 11) is 0. The van der Waals surface area contributed by atoms with Gasteiger partial charge in [0.05, 0.1) is 5.92 Å². The molecular weight excluding hydrogens is 216 g/mol. The van der Waals surface area contributed by atoms with Crippen LogP contribution >= 0.6 is 0 Å². The first kappa shape index (κ1) is 10.4. The lowest BCUT2D eigenvalue weighted by Crippen LogP contribution is -2.28. The van der Waals surface area contributed by atoms with E-state index in [9.17, 15) is 0 Å². The van der Waals surface area contributed by atoms with E-state index in [2.05, 4.69) is 20.4 Å². The van der Waals surface area contributed by atoms with E-state index in [-0.39, 0.29) is 0 Å². The fourth-order valence-corrected chi connectivity index (χ4v) is 2.08. The van der Waals surface area contributed by atoms with Gasteiger partial charge < -0.3 is 9.84 Å². The maximum atomic E-state index is 5.34. The van der Waals surface area contributed by atoms with Crippen molar-refractivity contribution in [3.05, 3.63) is 30.4 Å². The fraction of sp³-hybridized carbons (Fsp3) is 0.417. The van der Waals surface area contributed by atoms with Crippen LogP contribution in [0.25, 0.3) is 11.4 Å². The van der Waals surface area contributed by atoms with Gasteiger partial charge in [0.1, 0.15) is 0 Å². The maximum absolute atomic E-state index is 5.34. The van der Waals surface area contributed by atoms with Crippen molar-refractivity contribution in [3.63, 3.8) is 0 Å². The summed E-state index contributed by atoms with van der Waals surface area (Å²) < 4.78 is 5.34. The number of hydrogen-bond donors (Lipinski definition) is 1.